The number of fused-ring (bicyclic) bond motifs is 1. The highest BCUT2D eigenvalue weighted by molar-refractivity contribution is 7.89. The number of methoxy groups -OCH3 is 1. The number of nitrogens with zero attached hydrogens (tertiary/aromatic N) is 1. The Morgan fingerprint density at radius 3 is 2.43 bits per heavy atom. The number of thiophene rings is 1. The Labute approximate surface area is 180 Å². The van der Waals surface area contributed by atoms with Gasteiger partial charge in [-0.1, -0.05) is 0 Å². The summed E-state index contributed by atoms with van der Waals surface area (Å²) in [6.45, 7) is 0. The lowest BCUT2D eigenvalue weighted by Gasteiger charge is -2.16. The lowest BCUT2D eigenvalue weighted by molar-refractivity contribution is 0.0601. The standard InChI is InChI=1S/C21H24N2O5S2/c1-23(14-9-10-14)30(26,27)15-11-7-13(8-12-15)19(24)22-20-18(21(25)28-2)16-5-3-4-6-17(16)29-20/h7-8,11-12,14H,3-6,9-10H2,1-2H3,(H,22,24). The molecule has 1 saturated carbocycles. The largest absolute Gasteiger partial charge is 0.465 e. The fraction of sp³-hybridized carbons (Fsp3) is 0.429. The molecule has 1 aromatic heterocycles. The van der Waals surface area contributed by atoms with Gasteiger partial charge in [-0.15, -0.1) is 11.3 Å². The van der Waals surface area contributed by atoms with Crippen molar-refractivity contribution in [3.05, 3.63) is 45.8 Å². The molecule has 1 amide bonds. The van der Waals surface area contributed by atoms with Gasteiger partial charge >= 0.3 is 5.97 Å². The second kappa shape index (κ2) is 8.13. The Morgan fingerprint density at radius 1 is 1.13 bits per heavy atom. The predicted octanol–water partition coefficient (Wildman–Crippen LogP) is 3.45. The van der Waals surface area contributed by atoms with Crippen molar-refractivity contribution in [2.75, 3.05) is 19.5 Å². The van der Waals surface area contributed by atoms with Crippen LogP contribution in [0.3, 0.4) is 0 Å². The van der Waals surface area contributed by atoms with Crippen molar-refractivity contribution in [3.8, 4) is 0 Å². The number of carbonyl (C=O) groups is 2. The van der Waals surface area contributed by atoms with E-state index in [-0.39, 0.29) is 10.9 Å². The number of esters is 1. The molecular weight excluding hydrogens is 424 g/mol. The molecular formula is C21H24N2O5S2. The van der Waals surface area contributed by atoms with Crippen molar-refractivity contribution in [1.29, 1.82) is 0 Å². The summed E-state index contributed by atoms with van der Waals surface area (Å²) in [5, 5.41) is 3.32. The number of rotatable bonds is 6. The second-order valence-electron chi connectivity index (χ2n) is 7.64. The van der Waals surface area contributed by atoms with Crippen LogP contribution < -0.4 is 5.32 Å². The number of ether oxygens (including phenoxy) is 1. The van der Waals surface area contributed by atoms with E-state index in [0.29, 0.717) is 16.1 Å². The van der Waals surface area contributed by atoms with Crippen molar-refractivity contribution in [2.24, 2.45) is 0 Å². The summed E-state index contributed by atoms with van der Waals surface area (Å²) in [5.41, 5.74) is 1.74. The number of anilines is 1. The fourth-order valence-corrected chi connectivity index (χ4v) is 6.41. The molecule has 0 radical (unpaired) electrons. The van der Waals surface area contributed by atoms with E-state index in [1.807, 2.05) is 0 Å². The van der Waals surface area contributed by atoms with Crippen molar-refractivity contribution in [2.45, 2.75) is 49.5 Å². The van der Waals surface area contributed by atoms with Crippen LogP contribution in [0.5, 0.6) is 0 Å². The Kier molecular flexibility index (Phi) is 5.69. The SMILES string of the molecule is COC(=O)c1c(NC(=O)c2ccc(S(=O)(=O)N(C)C3CC3)cc2)sc2c1CCCC2. The second-order valence-corrected chi connectivity index (χ2v) is 10.7. The van der Waals surface area contributed by atoms with Gasteiger partial charge in [-0.25, -0.2) is 13.2 Å². The summed E-state index contributed by atoms with van der Waals surface area (Å²) in [7, 11) is -0.642. The third-order valence-corrected chi connectivity index (χ3v) is 8.77. The van der Waals surface area contributed by atoms with Crippen LogP contribution in [0.15, 0.2) is 29.2 Å². The minimum absolute atomic E-state index is 0.0691. The first-order valence-corrected chi connectivity index (χ1v) is 12.2. The van der Waals surface area contributed by atoms with Gasteiger partial charge in [0.15, 0.2) is 0 Å². The van der Waals surface area contributed by atoms with E-state index in [0.717, 1.165) is 49.0 Å². The summed E-state index contributed by atoms with van der Waals surface area (Å²) in [6, 6.07) is 5.95. The molecule has 2 aromatic rings. The maximum Gasteiger partial charge on any atom is 0.341 e. The summed E-state index contributed by atoms with van der Waals surface area (Å²) in [4.78, 5) is 26.4. The number of hydrogen-bond donors (Lipinski definition) is 1. The quantitative estimate of drug-likeness (QED) is 0.684. The normalized spacial score (nSPS) is 16.2. The van der Waals surface area contributed by atoms with E-state index in [4.69, 9.17) is 4.74 Å². The average Bonchev–Trinajstić information content (AvgIpc) is 3.53. The van der Waals surface area contributed by atoms with Crippen LogP contribution in [0.2, 0.25) is 0 Å². The zero-order valence-electron chi connectivity index (χ0n) is 16.9. The molecule has 0 aliphatic heterocycles. The number of aryl methyl sites for hydroxylation is 1. The van der Waals surface area contributed by atoms with Crippen LogP contribution in [-0.2, 0) is 27.6 Å². The number of hydrogen-bond acceptors (Lipinski definition) is 6. The number of sulfonamides is 1. The number of amides is 1. The number of carbonyl (C=O) groups excluding carboxylic acids is 2. The Balaban J connectivity index is 1.56. The van der Waals surface area contributed by atoms with Gasteiger partial charge < -0.3 is 10.1 Å². The van der Waals surface area contributed by atoms with Crippen molar-refractivity contribution in [1.82, 2.24) is 4.31 Å². The van der Waals surface area contributed by atoms with Crippen molar-refractivity contribution in [3.63, 3.8) is 0 Å². The highest BCUT2D eigenvalue weighted by Crippen LogP contribution is 2.38. The molecule has 4 rings (SSSR count). The molecule has 1 heterocycles. The molecule has 0 bridgehead atoms. The fourth-order valence-electron chi connectivity index (χ4n) is 3.73. The van der Waals surface area contributed by atoms with E-state index in [2.05, 4.69) is 5.32 Å². The molecule has 0 atom stereocenters. The third kappa shape index (κ3) is 3.89. The van der Waals surface area contributed by atoms with Gasteiger partial charge in [0.25, 0.3) is 5.91 Å². The molecule has 7 nitrogen and oxygen atoms in total. The van der Waals surface area contributed by atoms with Gasteiger partial charge in [-0.3, -0.25) is 4.79 Å². The van der Waals surface area contributed by atoms with Gasteiger partial charge in [0.2, 0.25) is 10.0 Å². The molecule has 0 spiro atoms. The number of benzene rings is 1. The van der Waals surface area contributed by atoms with Crippen LogP contribution >= 0.6 is 11.3 Å². The van der Waals surface area contributed by atoms with Crippen molar-refractivity contribution < 1.29 is 22.7 Å². The van der Waals surface area contributed by atoms with Gasteiger partial charge in [0.05, 0.1) is 17.6 Å². The molecule has 1 fully saturated rings. The summed E-state index contributed by atoms with van der Waals surface area (Å²) < 4.78 is 31.6. The summed E-state index contributed by atoms with van der Waals surface area (Å²) in [5.74, 6) is -0.840. The average molecular weight is 449 g/mol. The molecule has 2 aliphatic rings. The van der Waals surface area contributed by atoms with Gasteiger partial charge in [-0.2, -0.15) is 4.31 Å². The molecule has 9 heteroatoms. The van der Waals surface area contributed by atoms with Gasteiger partial charge in [-0.05, 0) is 68.4 Å². The third-order valence-electron chi connectivity index (χ3n) is 5.64. The van der Waals surface area contributed by atoms with E-state index in [9.17, 15) is 18.0 Å². The zero-order valence-corrected chi connectivity index (χ0v) is 18.6. The van der Waals surface area contributed by atoms with Crippen molar-refractivity contribution >= 4 is 38.2 Å². The first-order chi connectivity index (χ1) is 14.3. The maximum atomic E-state index is 12.8. The van der Waals surface area contributed by atoms with E-state index in [1.165, 1.54) is 47.0 Å². The van der Waals surface area contributed by atoms with Crippen LogP contribution in [-0.4, -0.2) is 44.8 Å². The predicted molar refractivity (Wildman–Crippen MR) is 115 cm³/mol. The first kappa shape index (κ1) is 21.0. The summed E-state index contributed by atoms with van der Waals surface area (Å²) >= 11 is 1.41. The monoisotopic (exact) mass is 448 g/mol. The number of nitrogens with one attached hydrogen (secondary N) is 1. The Bertz CT molecular complexity index is 1090. The zero-order chi connectivity index (χ0) is 21.5. The molecule has 1 aromatic carbocycles. The lowest BCUT2D eigenvalue weighted by Crippen LogP contribution is -2.29. The molecule has 30 heavy (non-hydrogen) atoms. The smallest absolute Gasteiger partial charge is 0.341 e. The minimum atomic E-state index is -3.56. The molecule has 0 saturated heterocycles. The van der Waals surface area contributed by atoms with Gasteiger partial charge in [0, 0.05) is 23.5 Å². The van der Waals surface area contributed by atoms with E-state index in [1.54, 1.807) is 7.05 Å². The van der Waals surface area contributed by atoms with Crippen LogP contribution in [0.25, 0.3) is 0 Å². The highest BCUT2D eigenvalue weighted by Gasteiger charge is 2.35. The molecule has 2 aliphatic carbocycles. The maximum absolute atomic E-state index is 12.8. The van der Waals surface area contributed by atoms with E-state index >= 15 is 0 Å². The lowest BCUT2D eigenvalue weighted by atomic mass is 9.95. The molecule has 160 valence electrons. The first-order valence-electron chi connectivity index (χ1n) is 9.95. The van der Waals surface area contributed by atoms with Crippen LogP contribution in [0.1, 0.15) is 56.8 Å². The minimum Gasteiger partial charge on any atom is -0.465 e. The molecule has 1 N–H and O–H groups in total. The Hall–Kier alpha value is -2.23. The highest BCUT2D eigenvalue weighted by atomic mass is 32.2. The van der Waals surface area contributed by atoms with E-state index < -0.39 is 21.9 Å². The van der Waals surface area contributed by atoms with Crippen LogP contribution in [0, 0.1) is 0 Å². The topological polar surface area (TPSA) is 92.8 Å². The Morgan fingerprint density at radius 2 is 1.80 bits per heavy atom. The molecule has 0 unspecified atom stereocenters. The van der Waals surface area contributed by atoms with Gasteiger partial charge in [0.1, 0.15) is 5.00 Å². The van der Waals surface area contributed by atoms with Crippen LogP contribution in [0.4, 0.5) is 5.00 Å². The summed E-state index contributed by atoms with van der Waals surface area (Å²) in [6.07, 6.45) is 5.51.